The van der Waals surface area contributed by atoms with Gasteiger partial charge in [0.05, 0.1) is 0 Å². The summed E-state index contributed by atoms with van der Waals surface area (Å²) in [7, 11) is 2.26. The highest BCUT2D eigenvalue weighted by atomic mass is 15.1. The van der Waals surface area contributed by atoms with E-state index in [1.54, 1.807) is 0 Å². The second-order valence-corrected chi connectivity index (χ2v) is 4.29. The normalized spacial score (nSPS) is 31.2. The highest BCUT2D eigenvalue weighted by Gasteiger charge is 2.28. The van der Waals surface area contributed by atoms with E-state index in [1.165, 1.54) is 38.8 Å². The summed E-state index contributed by atoms with van der Waals surface area (Å²) in [4.78, 5) is 2.49. The second kappa shape index (κ2) is 4.86. The van der Waals surface area contributed by atoms with Gasteiger partial charge >= 0.3 is 0 Å². The number of hydrogen-bond acceptors (Lipinski definition) is 1. The van der Waals surface area contributed by atoms with Gasteiger partial charge < -0.3 is 4.90 Å². The maximum atomic E-state index is 2.49. The third kappa shape index (κ3) is 2.48. The molecule has 2 atom stereocenters. The van der Waals surface area contributed by atoms with Crippen molar-refractivity contribution in [2.24, 2.45) is 11.8 Å². The van der Waals surface area contributed by atoms with E-state index >= 15 is 0 Å². The van der Waals surface area contributed by atoms with Crippen LogP contribution in [0.15, 0.2) is 0 Å². The van der Waals surface area contributed by atoms with Gasteiger partial charge in [0, 0.05) is 13.1 Å². The number of hydrogen-bond donors (Lipinski definition) is 0. The fourth-order valence-corrected chi connectivity index (χ4v) is 2.43. The zero-order chi connectivity index (χ0) is 8.97. The molecule has 0 aliphatic carbocycles. The van der Waals surface area contributed by atoms with Gasteiger partial charge in [0.2, 0.25) is 0 Å². The zero-order valence-electron chi connectivity index (χ0n) is 8.84. The van der Waals surface area contributed by atoms with E-state index in [-0.39, 0.29) is 0 Å². The molecular weight excluding hydrogens is 146 g/mol. The largest absolute Gasteiger partial charge is 0.306 e. The van der Waals surface area contributed by atoms with Gasteiger partial charge in [0.1, 0.15) is 0 Å². The topological polar surface area (TPSA) is 3.24 Å². The summed E-state index contributed by atoms with van der Waals surface area (Å²) in [6, 6.07) is 0. The van der Waals surface area contributed by atoms with Gasteiger partial charge in [-0.2, -0.15) is 0 Å². The SMILES string of the molecule is CCCCC1CN(C)CC1CC. The maximum Gasteiger partial charge on any atom is 0.000985 e. The molecule has 1 aliphatic rings. The summed E-state index contributed by atoms with van der Waals surface area (Å²) < 4.78 is 0. The predicted molar refractivity (Wildman–Crippen MR) is 54.3 cm³/mol. The number of unbranched alkanes of at least 4 members (excludes halogenated alkanes) is 1. The smallest absolute Gasteiger partial charge is 0.000985 e. The van der Waals surface area contributed by atoms with Crippen LogP contribution in [0.5, 0.6) is 0 Å². The first kappa shape index (κ1) is 10.0. The van der Waals surface area contributed by atoms with Crippen LogP contribution < -0.4 is 0 Å². The van der Waals surface area contributed by atoms with Crippen molar-refractivity contribution in [2.45, 2.75) is 39.5 Å². The summed E-state index contributed by atoms with van der Waals surface area (Å²) in [5.41, 5.74) is 0. The van der Waals surface area contributed by atoms with E-state index in [0.29, 0.717) is 0 Å². The zero-order valence-corrected chi connectivity index (χ0v) is 8.84. The molecule has 0 aromatic carbocycles. The van der Waals surface area contributed by atoms with Crippen LogP contribution >= 0.6 is 0 Å². The van der Waals surface area contributed by atoms with Crippen molar-refractivity contribution in [2.75, 3.05) is 20.1 Å². The lowest BCUT2D eigenvalue weighted by Crippen LogP contribution is -2.13. The lowest BCUT2D eigenvalue weighted by molar-refractivity contribution is 0.372. The van der Waals surface area contributed by atoms with Gasteiger partial charge in [0.25, 0.3) is 0 Å². The van der Waals surface area contributed by atoms with Crippen LogP contribution in [-0.2, 0) is 0 Å². The molecule has 2 unspecified atom stereocenters. The first-order valence-electron chi connectivity index (χ1n) is 5.46. The first-order valence-corrected chi connectivity index (χ1v) is 5.46. The Bertz CT molecular complexity index is 122. The molecule has 12 heavy (non-hydrogen) atoms. The molecule has 0 bridgehead atoms. The quantitative estimate of drug-likeness (QED) is 0.625. The Morgan fingerprint density at radius 1 is 1.17 bits per heavy atom. The van der Waals surface area contributed by atoms with E-state index in [1.807, 2.05) is 0 Å². The summed E-state index contributed by atoms with van der Waals surface area (Å²) in [5.74, 6) is 1.99. The van der Waals surface area contributed by atoms with Crippen LogP contribution in [0.2, 0.25) is 0 Å². The summed E-state index contributed by atoms with van der Waals surface area (Å²) >= 11 is 0. The van der Waals surface area contributed by atoms with E-state index in [4.69, 9.17) is 0 Å². The minimum absolute atomic E-state index is 0.988. The van der Waals surface area contributed by atoms with Gasteiger partial charge in [-0.3, -0.25) is 0 Å². The second-order valence-electron chi connectivity index (χ2n) is 4.29. The predicted octanol–water partition coefficient (Wildman–Crippen LogP) is 2.76. The Hall–Kier alpha value is -0.0400. The maximum absolute atomic E-state index is 2.49. The lowest BCUT2D eigenvalue weighted by Gasteiger charge is -2.15. The Morgan fingerprint density at radius 2 is 1.83 bits per heavy atom. The van der Waals surface area contributed by atoms with Gasteiger partial charge in [0.15, 0.2) is 0 Å². The first-order chi connectivity index (χ1) is 5.77. The van der Waals surface area contributed by atoms with Gasteiger partial charge in [-0.05, 0) is 25.3 Å². The lowest BCUT2D eigenvalue weighted by atomic mass is 9.89. The van der Waals surface area contributed by atoms with E-state index in [2.05, 4.69) is 25.8 Å². The minimum atomic E-state index is 0.988. The number of nitrogens with zero attached hydrogens (tertiary/aromatic N) is 1. The summed E-state index contributed by atoms with van der Waals surface area (Å²) in [6.45, 7) is 7.31. The van der Waals surface area contributed by atoms with Crippen LogP contribution in [0.3, 0.4) is 0 Å². The molecule has 0 aromatic heterocycles. The molecule has 1 heterocycles. The average molecular weight is 169 g/mol. The van der Waals surface area contributed by atoms with Gasteiger partial charge in [-0.1, -0.05) is 33.1 Å². The molecule has 1 aliphatic heterocycles. The van der Waals surface area contributed by atoms with Crippen molar-refractivity contribution in [3.05, 3.63) is 0 Å². The van der Waals surface area contributed by atoms with Crippen molar-refractivity contribution in [1.82, 2.24) is 4.90 Å². The molecule has 0 saturated carbocycles. The molecule has 1 fully saturated rings. The Balaban J connectivity index is 2.30. The van der Waals surface area contributed by atoms with Crippen LogP contribution in [0.4, 0.5) is 0 Å². The van der Waals surface area contributed by atoms with Crippen molar-refractivity contribution < 1.29 is 0 Å². The molecule has 0 radical (unpaired) electrons. The van der Waals surface area contributed by atoms with Crippen molar-refractivity contribution in [3.8, 4) is 0 Å². The van der Waals surface area contributed by atoms with Gasteiger partial charge in [-0.15, -0.1) is 0 Å². The van der Waals surface area contributed by atoms with E-state index < -0.39 is 0 Å². The fourth-order valence-electron chi connectivity index (χ4n) is 2.43. The molecule has 0 amide bonds. The molecular formula is C11H23N. The molecule has 1 saturated heterocycles. The molecule has 1 rings (SSSR count). The van der Waals surface area contributed by atoms with Crippen LogP contribution in [-0.4, -0.2) is 25.0 Å². The Kier molecular flexibility index (Phi) is 4.07. The molecule has 0 N–H and O–H groups in total. The highest BCUT2D eigenvalue weighted by molar-refractivity contribution is 4.81. The monoisotopic (exact) mass is 169 g/mol. The molecule has 1 heteroatoms. The van der Waals surface area contributed by atoms with Crippen molar-refractivity contribution >= 4 is 0 Å². The van der Waals surface area contributed by atoms with E-state index in [9.17, 15) is 0 Å². The highest BCUT2D eigenvalue weighted by Crippen LogP contribution is 2.28. The van der Waals surface area contributed by atoms with Crippen molar-refractivity contribution in [1.29, 1.82) is 0 Å². The van der Waals surface area contributed by atoms with Crippen LogP contribution in [0.1, 0.15) is 39.5 Å². The standard InChI is InChI=1S/C11H23N/c1-4-6-7-11-9-12(3)8-10(11)5-2/h10-11H,4-9H2,1-3H3. The number of rotatable bonds is 4. The third-order valence-corrected chi connectivity index (χ3v) is 3.21. The minimum Gasteiger partial charge on any atom is -0.306 e. The fraction of sp³-hybridized carbons (Fsp3) is 1.00. The van der Waals surface area contributed by atoms with Gasteiger partial charge in [-0.25, -0.2) is 0 Å². The van der Waals surface area contributed by atoms with Crippen LogP contribution in [0.25, 0.3) is 0 Å². The van der Waals surface area contributed by atoms with Crippen LogP contribution in [0, 0.1) is 11.8 Å². The summed E-state index contributed by atoms with van der Waals surface area (Å²) in [6.07, 6.45) is 5.61. The Morgan fingerprint density at radius 3 is 2.42 bits per heavy atom. The molecule has 72 valence electrons. The molecule has 1 nitrogen and oxygen atoms in total. The average Bonchev–Trinajstić information content (AvgIpc) is 2.42. The third-order valence-electron chi connectivity index (χ3n) is 3.21. The summed E-state index contributed by atoms with van der Waals surface area (Å²) in [5, 5.41) is 0. The molecule has 0 aromatic rings. The number of likely N-dealkylation sites (tertiary alicyclic amines) is 1. The Labute approximate surface area is 77.1 Å². The van der Waals surface area contributed by atoms with E-state index in [0.717, 1.165) is 11.8 Å². The van der Waals surface area contributed by atoms with Crippen molar-refractivity contribution in [3.63, 3.8) is 0 Å². The molecule has 0 spiro atoms.